The number of carboxylic acids is 1. The smallest absolute Gasteiger partial charge is 0.326 e. The molecule has 1 N–H and O–H groups in total. The fourth-order valence-corrected chi connectivity index (χ4v) is 2.51. The van der Waals surface area contributed by atoms with E-state index in [1.807, 2.05) is 30.3 Å². The molecule has 1 unspecified atom stereocenters. The highest BCUT2D eigenvalue weighted by molar-refractivity contribution is 5.96. The Balaban J connectivity index is 2.06. The van der Waals surface area contributed by atoms with Gasteiger partial charge >= 0.3 is 5.97 Å². The molecule has 6 heteroatoms. The van der Waals surface area contributed by atoms with Gasteiger partial charge in [0.1, 0.15) is 18.4 Å². The van der Waals surface area contributed by atoms with E-state index in [0.29, 0.717) is 24.5 Å². The predicted octanol–water partition coefficient (Wildman–Crippen LogP) is 2.48. The van der Waals surface area contributed by atoms with Gasteiger partial charge in [-0.25, -0.2) is 4.79 Å². The van der Waals surface area contributed by atoms with Crippen molar-refractivity contribution in [2.45, 2.75) is 12.5 Å². The zero-order chi connectivity index (χ0) is 18.9. The van der Waals surface area contributed by atoms with Crippen molar-refractivity contribution >= 4 is 11.9 Å². The SMILES string of the molecule is COCCOc1ccc(C(=O)N(C)C(Cc2ccccc2)C(=O)O)cc1. The molecule has 1 amide bonds. The summed E-state index contributed by atoms with van der Waals surface area (Å²) in [7, 11) is 3.10. The lowest BCUT2D eigenvalue weighted by molar-refractivity contribution is -0.141. The molecule has 0 aliphatic carbocycles. The average Bonchev–Trinajstić information content (AvgIpc) is 2.66. The summed E-state index contributed by atoms with van der Waals surface area (Å²) in [5, 5.41) is 9.54. The van der Waals surface area contributed by atoms with Crippen LogP contribution < -0.4 is 4.74 Å². The Morgan fingerprint density at radius 3 is 2.27 bits per heavy atom. The normalized spacial score (nSPS) is 11.6. The standard InChI is InChI=1S/C20H23NO5/c1-21(18(20(23)24)14-15-6-4-3-5-7-15)19(22)16-8-10-17(11-9-16)26-13-12-25-2/h3-11,18H,12-14H2,1-2H3,(H,23,24). The van der Waals surface area contributed by atoms with E-state index in [1.165, 1.54) is 11.9 Å². The number of ether oxygens (including phenoxy) is 2. The van der Waals surface area contributed by atoms with Gasteiger partial charge in [-0.2, -0.15) is 0 Å². The highest BCUT2D eigenvalue weighted by Gasteiger charge is 2.27. The van der Waals surface area contributed by atoms with Crippen LogP contribution in [0.5, 0.6) is 5.75 Å². The van der Waals surface area contributed by atoms with Crippen molar-refractivity contribution in [3.05, 3.63) is 65.7 Å². The number of nitrogens with zero attached hydrogens (tertiary/aromatic N) is 1. The second-order valence-corrected chi connectivity index (χ2v) is 5.83. The molecule has 138 valence electrons. The molecule has 0 aromatic heterocycles. The molecule has 0 radical (unpaired) electrons. The number of hydrogen-bond acceptors (Lipinski definition) is 4. The van der Waals surface area contributed by atoms with Gasteiger partial charge in [0.15, 0.2) is 0 Å². The monoisotopic (exact) mass is 357 g/mol. The third-order valence-corrected chi connectivity index (χ3v) is 4.00. The summed E-state index contributed by atoms with van der Waals surface area (Å²) < 4.78 is 10.4. The Labute approximate surface area is 153 Å². The Kier molecular flexibility index (Phi) is 7.17. The first-order chi connectivity index (χ1) is 12.5. The largest absolute Gasteiger partial charge is 0.491 e. The Bertz CT molecular complexity index is 715. The average molecular weight is 357 g/mol. The summed E-state index contributed by atoms with van der Waals surface area (Å²) in [6, 6.07) is 14.9. The van der Waals surface area contributed by atoms with Crippen LogP contribution in [0.4, 0.5) is 0 Å². The van der Waals surface area contributed by atoms with Gasteiger partial charge in [-0.05, 0) is 29.8 Å². The van der Waals surface area contributed by atoms with Crippen LogP contribution in [0.15, 0.2) is 54.6 Å². The number of carbonyl (C=O) groups excluding carboxylic acids is 1. The van der Waals surface area contributed by atoms with Gasteiger partial charge in [0.25, 0.3) is 5.91 Å². The second kappa shape index (κ2) is 9.58. The Morgan fingerprint density at radius 1 is 1.04 bits per heavy atom. The van der Waals surface area contributed by atoms with Crippen LogP contribution in [-0.4, -0.2) is 55.3 Å². The number of likely N-dealkylation sites (N-methyl/N-ethyl adjacent to an activating group) is 1. The van der Waals surface area contributed by atoms with Gasteiger partial charge in [0, 0.05) is 26.1 Å². The molecule has 0 fully saturated rings. The Hall–Kier alpha value is -2.86. The number of aliphatic carboxylic acids is 1. The molecule has 0 spiro atoms. The number of methoxy groups -OCH3 is 1. The van der Waals surface area contributed by atoms with Crippen molar-refractivity contribution in [3.8, 4) is 5.75 Å². The zero-order valence-electron chi connectivity index (χ0n) is 14.9. The van der Waals surface area contributed by atoms with Crippen molar-refractivity contribution in [1.82, 2.24) is 4.90 Å². The quantitative estimate of drug-likeness (QED) is 0.698. The van der Waals surface area contributed by atoms with Crippen LogP contribution in [-0.2, 0) is 16.0 Å². The fraction of sp³-hybridized carbons (Fsp3) is 0.300. The number of benzene rings is 2. The van der Waals surface area contributed by atoms with E-state index in [-0.39, 0.29) is 12.3 Å². The van der Waals surface area contributed by atoms with Gasteiger partial charge in [-0.15, -0.1) is 0 Å². The summed E-state index contributed by atoms with van der Waals surface area (Å²) in [6.07, 6.45) is 0.247. The molecule has 0 saturated carbocycles. The maximum Gasteiger partial charge on any atom is 0.326 e. The van der Waals surface area contributed by atoms with Crippen molar-refractivity contribution in [2.75, 3.05) is 27.4 Å². The van der Waals surface area contributed by atoms with Crippen LogP contribution in [0.25, 0.3) is 0 Å². The number of amides is 1. The molecule has 0 bridgehead atoms. The molecule has 2 rings (SSSR count). The Morgan fingerprint density at radius 2 is 1.69 bits per heavy atom. The predicted molar refractivity (Wildman–Crippen MR) is 97.5 cm³/mol. The highest BCUT2D eigenvalue weighted by atomic mass is 16.5. The molecular formula is C20H23NO5. The summed E-state index contributed by atoms with van der Waals surface area (Å²) in [5.41, 5.74) is 1.27. The highest BCUT2D eigenvalue weighted by Crippen LogP contribution is 2.16. The molecule has 26 heavy (non-hydrogen) atoms. The third-order valence-electron chi connectivity index (χ3n) is 4.00. The van der Waals surface area contributed by atoms with E-state index in [4.69, 9.17) is 9.47 Å². The van der Waals surface area contributed by atoms with E-state index in [2.05, 4.69) is 0 Å². The maximum atomic E-state index is 12.7. The van der Waals surface area contributed by atoms with Crippen LogP contribution in [0.2, 0.25) is 0 Å². The van der Waals surface area contributed by atoms with Crippen molar-refractivity contribution in [2.24, 2.45) is 0 Å². The molecule has 2 aromatic rings. The van der Waals surface area contributed by atoms with Crippen molar-refractivity contribution in [3.63, 3.8) is 0 Å². The van der Waals surface area contributed by atoms with Gasteiger partial charge in [-0.3, -0.25) is 4.79 Å². The number of rotatable bonds is 9. The minimum Gasteiger partial charge on any atom is -0.491 e. The lowest BCUT2D eigenvalue weighted by atomic mass is 10.0. The van der Waals surface area contributed by atoms with Crippen LogP contribution in [0.1, 0.15) is 15.9 Å². The third kappa shape index (κ3) is 5.32. The minimum atomic E-state index is -1.04. The molecule has 0 saturated heterocycles. The second-order valence-electron chi connectivity index (χ2n) is 5.83. The van der Waals surface area contributed by atoms with E-state index in [1.54, 1.807) is 31.4 Å². The molecule has 6 nitrogen and oxygen atoms in total. The first-order valence-electron chi connectivity index (χ1n) is 8.28. The van der Waals surface area contributed by atoms with Crippen molar-refractivity contribution < 1.29 is 24.2 Å². The molecule has 2 aromatic carbocycles. The minimum absolute atomic E-state index is 0.247. The zero-order valence-corrected chi connectivity index (χ0v) is 14.9. The molecule has 0 aliphatic rings. The fourth-order valence-electron chi connectivity index (χ4n) is 2.51. The maximum absolute atomic E-state index is 12.7. The summed E-state index contributed by atoms with van der Waals surface area (Å²) in [5.74, 6) is -0.763. The lowest BCUT2D eigenvalue weighted by Gasteiger charge is -2.25. The summed E-state index contributed by atoms with van der Waals surface area (Å²) in [6.45, 7) is 0.894. The molecule has 0 heterocycles. The van der Waals surface area contributed by atoms with E-state index in [9.17, 15) is 14.7 Å². The summed E-state index contributed by atoms with van der Waals surface area (Å²) >= 11 is 0. The van der Waals surface area contributed by atoms with E-state index < -0.39 is 12.0 Å². The first kappa shape index (κ1) is 19.5. The van der Waals surface area contributed by atoms with Crippen LogP contribution in [0.3, 0.4) is 0 Å². The van der Waals surface area contributed by atoms with Gasteiger partial charge < -0.3 is 19.5 Å². The number of carboxylic acid groups (broad SMARTS) is 1. The van der Waals surface area contributed by atoms with Gasteiger partial charge in [-0.1, -0.05) is 30.3 Å². The summed E-state index contributed by atoms with van der Waals surface area (Å²) in [4.78, 5) is 25.6. The van der Waals surface area contributed by atoms with Crippen LogP contribution >= 0.6 is 0 Å². The van der Waals surface area contributed by atoms with E-state index in [0.717, 1.165) is 5.56 Å². The topological polar surface area (TPSA) is 76.1 Å². The van der Waals surface area contributed by atoms with Gasteiger partial charge in [0.05, 0.1) is 6.61 Å². The lowest BCUT2D eigenvalue weighted by Crippen LogP contribution is -2.43. The van der Waals surface area contributed by atoms with E-state index >= 15 is 0 Å². The number of hydrogen-bond donors (Lipinski definition) is 1. The molecule has 1 atom stereocenters. The van der Waals surface area contributed by atoms with Crippen LogP contribution in [0, 0.1) is 0 Å². The van der Waals surface area contributed by atoms with Crippen molar-refractivity contribution in [1.29, 1.82) is 0 Å². The first-order valence-corrected chi connectivity index (χ1v) is 8.28. The molecular weight excluding hydrogens is 334 g/mol. The van der Waals surface area contributed by atoms with Gasteiger partial charge in [0.2, 0.25) is 0 Å². The number of carbonyl (C=O) groups is 2. The molecule has 0 aliphatic heterocycles.